The van der Waals surface area contributed by atoms with Crippen LogP contribution in [0, 0.1) is 0 Å². The van der Waals surface area contributed by atoms with Crippen molar-refractivity contribution in [2.45, 2.75) is 258 Å². The highest BCUT2D eigenvalue weighted by atomic mass is 16.6. The Morgan fingerprint density at radius 3 is 1.07 bits per heavy atom. The number of ether oxygens (including phenoxy) is 3. The van der Waals surface area contributed by atoms with Crippen LogP contribution in [0.3, 0.4) is 0 Å². The van der Waals surface area contributed by atoms with E-state index < -0.39 is 6.10 Å². The van der Waals surface area contributed by atoms with Crippen molar-refractivity contribution in [2.75, 3.05) is 13.2 Å². The first kappa shape index (κ1) is 54.6. The molecule has 0 aromatic heterocycles. The molecule has 0 aromatic rings. The molecule has 0 radical (unpaired) electrons. The fourth-order valence-electron chi connectivity index (χ4n) is 7.00. The molecule has 0 amide bonds. The minimum absolute atomic E-state index is 0.0836. The van der Waals surface area contributed by atoms with Gasteiger partial charge in [-0.25, -0.2) is 0 Å². The molecule has 0 aromatic carbocycles. The van der Waals surface area contributed by atoms with E-state index in [0.29, 0.717) is 25.7 Å². The van der Waals surface area contributed by atoms with Crippen molar-refractivity contribution in [3.63, 3.8) is 0 Å². The molecule has 57 heavy (non-hydrogen) atoms. The summed E-state index contributed by atoms with van der Waals surface area (Å²) in [5.74, 6) is -0.932. The number of unbranched alkanes of at least 4 members (excludes halogenated alkanes) is 27. The van der Waals surface area contributed by atoms with Crippen LogP contribution in [-0.4, -0.2) is 37.2 Å². The van der Waals surface area contributed by atoms with E-state index in [2.05, 4.69) is 57.2 Å². The van der Waals surface area contributed by atoms with Crippen LogP contribution in [0.25, 0.3) is 0 Å². The van der Waals surface area contributed by atoms with Crippen molar-refractivity contribution in [3.05, 3.63) is 36.5 Å². The fraction of sp³-hybridized carbons (Fsp3) is 0.824. The molecular weight excluding hydrogens is 709 g/mol. The van der Waals surface area contributed by atoms with E-state index in [4.69, 9.17) is 14.2 Å². The Bertz CT molecular complexity index is 969. The molecule has 0 heterocycles. The van der Waals surface area contributed by atoms with Gasteiger partial charge in [-0.05, 0) is 44.9 Å². The number of rotatable bonds is 44. The van der Waals surface area contributed by atoms with Crippen LogP contribution in [0.5, 0.6) is 0 Å². The third kappa shape index (κ3) is 44.6. The third-order valence-corrected chi connectivity index (χ3v) is 10.7. The van der Waals surface area contributed by atoms with E-state index in [1.165, 1.54) is 141 Å². The minimum Gasteiger partial charge on any atom is -0.462 e. The van der Waals surface area contributed by atoms with Gasteiger partial charge < -0.3 is 14.2 Å². The standard InChI is InChI=1S/C51H92O6/c1-4-7-10-13-16-19-22-24-25-27-29-32-35-38-41-44-50(53)56-47-48(46-55-49(52)43-40-37-34-31-28-21-18-15-12-9-6-3)57-51(54)45-42-39-36-33-30-26-23-20-17-14-11-8-5-2/h9,12,18,21,31,34,48H,4-8,10-11,13-17,19-20,22-30,32-33,35-47H2,1-3H3/b12-9-,21-18-,34-31-. The SMILES string of the molecule is CC/C=C\C/C=C\C/C=C\CCCC(=O)OCC(COC(=O)CCCCCCCCCCCCCCCCC)OC(=O)CCCCCCCCCCCCCCC. The van der Waals surface area contributed by atoms with Gasteiger partial charge in [-0.3, -0.25) is 14.4 Å². The van der Waals surface area contributed by atoms with Gasteiger partial charge in [0.05, 0.1) is 0 Å². The summed E-state index contributed by atoms with van der Waals surface area (Å²) in [6, 6.07) is 0. The molecular formula is C51H92O6. The van der Waals surface area contributed by atoms with Crippen molar-refractivity contribution >= 4 is 17.9 Å². The summed E-state index contributed by atoms with van der Waals surface area (Å²) in [6.45, 7) is 6.49. The second-order valence-electron chi connectivity index (χ2n) is 16.4. The van der Waals surface area contributed by atoms with Crippen LogP contribution >= 0.6 is 0 Å². The lowest BCUT2D eigenvalue weighted by Gasteiger charge is -2.18. The Morgan fingerprint density at radius 1 is 0.368 bits per heavy atom. The highest BCUT2D eigenvalue weighted by Crippen LogP contribution is 2.16. The summed E-state index contributed by atoms with van der Waals surface area (Å²) in [6.07, 6.45) is 52.8. The second kappa shape index (κ2) is 46.3. The number of allylic oxidation sites excluding steroid dienone is 6. The van der Waals surface area contributed by atoms with Crippen LogP contribution in [0.15, 0.2) is 36.5 Å². The molecule has 6 heteroatoms. The molecule has 0 bridgehead atoms. The zero-order chi connectivity index (χ0) is 41.5. The van der Waals surface area contributed by atoms with Crippen LogP contribution in [0.2, 0.25) is 0 Å². The molecule has 0 saturated carbocycles. The fourth-order valence-corrected chi connectivity index (χ4v) is 7.00. The van der Waals surface area contributed by atoms with Gasteiger partial charge in [0.2, 0.25) is 0 Å². The minimum atomic E-state index is -0.785. The smallest absolute Gasteiger partial charge is 0.306 e. The largest absolute Gasteiger partial charge is 0.462 e. The van der Waals surface area contributed by atoms with E-state index >= 15 is 0 Å². The van der Waals surface area contributed by atoms with Gasteiger partial charge >= 0.3 is 17.9 Å². The molecule has 0 spiro atoms. The number of carbonyl (C=O) groups is 3. The quantitative estimate of drug-likeness (QED) is 0.0264. The lowest BCUT2D eigenvalue weighted by atomic mass is 10.0. The highest BCUT2D eigenvalue weighted by molar-refractivity contribution is 5.71. The summed E-state index contributed by atoms with van der Waals surface area (Å²) >= 11 is 0. The lowest BCUT2D eigenvalue weighted by Crippen LogP contribution is -2.30. The maximum Gasteiger partial charge on any atom is 0.306 e. The maximum atomic E-state index is 12.7. The zero-order valence-corrected chi connectivity index (χ0v) is 37.9. The monoisotopic (exact) mass is 801 g/mol. The Kier molecular flexibility index (Phi) is 44.4. The topological polar surface area (TPSA) is 78.9 Å². The van der Waals surface area contributed by atoms with Crippen molar-refractivity contribution in [1.82, 2.24) is 0 Å². The molecule has 0 N–H and O–H groups in total. The van der Waals surface area contributed by atoms with Gasteiger partial charge in [-0.2, -0.15) is 0 Å². The summed E-state index contributed by atoms with van der Waals surface area (Å²) in [4.78, 5) is 37.8. The van der Waals surface area contributed by atoms with Crippen LogP contribution in [-0.2, 0) is 28.6 Å². The molecule has 1 atom stereocenters. The Labute approximate surface area is 353 Å². The number of carbonyl (C=O) groups excluding carboxylic acids is 3. The normalized spacial score (nSPS) is 12.3. The first-order valence-electron chi connectivity index (χ1n) is 24.5. The molecule has 0 fully saturated rings. The Morgan fingerprint density at radius 2 is 0.684 bits per heavy atom. The van der Waals surface area contributed by atoms with Gasteiger partial charge in [-0.15, -0.1) is 0 Å². The average Bonchev–Trinajstić information content (AvgIpc) is 3.21. The molecule has 0 rings (SSSR count). The number of hydrogen-bond donors (Lipinski definition) is 0. The number of hydrogen-bond acceptors (Lipinski definition) is 6. The van der Waals surface area contributed by atoms with Crippen molar-refractivity contribution in [3.8, 4) is 0 Å². The van der Waals surface area contributed by atoms with Gasteiger partial charge in [0.1, 0.15) is 13.2 Å². The van der Waals surface area contributed by atoms with Crippen molar-refractivity contribution in [2.24, 2.45) is 0 Å². The summed E-state index contributed by atoms with van der Waals surface area (Å²) in [5.41, 5.74) is 0. The van der Waals surface area contributed by atoms with Crippen LogP contribution in [0.4, 0.5) is 0 Å². The van der Waals surface area contributed by atoms with E-state index in [1.807, 2.05) is 0 Å². The average molecular weight is 801 g/mol. The van der Waals surface area contributed by atoms with Gasteiger partial charge in [-0.1, -0.05) is 224 Å². The first-order chi connectivity index (χ1) is 28.0. The van der Waals surface area contributed by atoms with Crippen molar-refractivity contribution < 1.29 is 28.6 Å². The molecule has 0 aliphatic rings. The van der Waals surface area contributed by atoms with E-state index in [1.54, 1.807) is 0 Å². The molecule has 0 saturated heterocycles. The van der Waals surface area contributed by atoms with Gasteiger partial charge in [0.15, 0.2) is 6.10 Å². The Hall–Kier alpha value is -2.37. The first-order valence-corrected chi connectivity index (χ1v) is 24.5. The maximum absolute atomic E-state index is 12.7. The van der Waals surface area contributed by atoms with E-state index in [-0.39, 0.29) is 31.1 Å². The van der Waals surface area contributed by atoms with Gasteiger partial charge in [0.25, 0.3) is 0 Å². The van der Waals surface area contributed by atoms with Crippen LogP contribution in [0.1, 0.15) is 252 Å². The Balaban J connectivity index is 4.37. The summed E-state index contributed by atoms with van der Waals surface area (Å²) < 4.78 is 16.7. The van der Waals surface area contributed by atoms with Gasteiger partial charge in [0, 0.05) is 19.3 Å². The number of esters is 3. The van der Waals surface area contributed by atoms with Crippen LogP contribution < -0.4 is 0 Å². The lowest BCUT2D eigenvalue weighted by molar-refractivity contribution is -0.167. The zero-order valence-electron chi connectivity index (χ0n) is 37.9. The highest BCUT2D eigenvalue weighted by Gasteiger charge is 2.19. The molecule has 6 nitrogen and oxygen atoms in total. The molecule has 332 valence electrons. The predicted molar refractivity (Wildman–Crippen MR) is 242 cm³/mol. The third-order valence-electron chi connectivity index (χ3n) is 10.7. The molecule has 1 unspecified atom stereocenters. The predicted octanol–water partition coefficient (Wildman–Crippen LogP) is 15.8. The summed E-state index contributed by atoms with van der Waals surface area (Å²) in [5, 5.41) is 0. The van der Waals surface area contributed by atoms with Crippen molar-refractivity contribution in [1.29, 1.82) is 0 Å². The van der Waals surface area contributed by atoms with E-state index in [9.17, 15) is 14.4 Å². The van der Waals surface area contributed by atoms with E-state index in [0.717, 1.165) is 64.2 Å². The second-order valence-corrected chi connectivity index (χ2v) is 16.4. The molecule has 0 aliphatic carbocycles. The summed E-state index contributed by atoms with van der Waals surface area (Å²) in [7, 11) is 0. The molecule has 0 aliphatic heterocycles.